The van der Waals surface area contributed by atoms with Gasteiger partial charge in [-0.25, -0.2) is 9.55 Å². The van der Waals surface area contributed by atoms with E-state index >= 15 is 0 Å². The maximum Gasteiger partial charge on any atom is 0.342 e. The van der Waals surface area contributed by atoms with Crippen LogP contribution in [-0.2, 0) is 6.54 Å². The molecular weight excluding hydrogens is 258 g/mol. The molecule has 0 spiro atoms. The van der Waals surface area contributed by atoms with Crippen molar-refractivity contribution in [2.24, 2.45) is 0 Å². The van der Waals surface area contributed by atoms with E-state index in [1.165, 1.54) is 10.8 Å². The summed E-state index contributed by atoms with van der Waals surface area (Å²) < 4.78 is 1.45. The zero-order valence-electron chi connectivity index (χ0n) is 9.44. The summed E-state index contributed by atoms with van der Waals surface area (Å²) in [5, 5.41) is 16.6. The van der Waals surface area contributed by atoms with Gasteiger partial charge in [-0.15, -0.1) is 5.10 Å². The highest BCUT2D eigenvalue weighted by atomic mass is 32.1. The molecule has 0 aliphatic carbocycles. The molecule has 0 aliphatic rings. The maximum atomic E-state index is 10.8. The Hall–Kier alpha value is -2.10. The van der Waals surface area contributed by atoms with Crippen LogP contribution < -0.4 is 5.73 Å². The van der Waals surface area contributed by atoms with Crippen molar-refractivity contribution in [2.75, 3.05) is 5.73 Å². The van der Waals surface area contributed by atoms with Crippen molar-refractivity contribution in [3.8, 4) is 0 Å². The van der Waals surface area contributed by atoms with Crippen LogP contribution in [0.2, 0.25) is 0 Å². The molecule has 1 unspecified atom stereocenters. The number of nitro groups is 1. The summed E-state index contributed by atoms with van der Waals surface area (Å²) in [6.45, 7) is 2.19. The molecule has 3 N–H and O–H groups in total. The van der Waals surface area contributed by atoms with E-state index in [2.05, 4.69) is 32.8 Å². The zero-order valence-corrected chi connectivity index (χ0v) is 10.3. The van der Waals surface area contributed by atoms with Crippen LogP contribution in [0.3, 0.4) is 0 Å². The van der Waals surface area contributed by atoms with E-state index in [9.17, 15) is 10.1 Å². The van der Waals surface area contributed by atoms with Gasteiger partial charge in [-0.1, -0.05) is 0 Å². The Morgan fingerprint density at radius 1 is 1.72 bits per heavy atom. The van der Waals surface area contributed by atoms with Crippen LogP contribution in [0, 0.1) is 10.1 Å². The Kier molecular flexibility index (Phi) is 3.19. The van der Waals surface area contributed by atoms with Crippen LogP contribution >= 0.6 is 12.6 Å². The van der Waals surface area contributed by atoms with Gasteiger partial charge in [0.2, 0.25) is 11.8 Å². The normalized spacial score (nSPS) is 12.6. The molecule has 9 nitrogen and oxygen atoms in total. The molecule has 0 amide bonds. The number of nitrogens with zero attached hydrogens (tertiary/aromatic N) is 5. The fourth-order valence-electron chi connectivity index (χ4n) is 1.60. The Labute approximate surface area is 107 Å². The number of hydrogen-bond donors (Lipinski definition) is 3. The molecule has 0 bridgehead atoms. The highest BCUT2D eigenvalue weighted by Gasteiger charge is 2.27. The fourth-order valence-corrected chi connectivity index (χ4v) is 1.92. The largest absolute Gasteiger partial charge is 0.367 e. The number of nitrogens with one attached hydrogen (secondary N) is 1. The lowest BCUT2D eigenvalue weighted by Crippen LogP contribution is -2.09. The van der Waals surface area contributed by atoms with Crippen LogP contribution in [-0.4, -0.2) is 29.7 Å². The number of hydrogen-bond acceptors (Lipinski definition) is 7. The summed E-state index contributed by atoms with van der Waals surface area (Å²) >= 11 is 4.33. The third-order valence-electron chi connectivity index (χ3n) is 2.39. The summed E-state index contributed by atoms with van der Waals surface area (Å²) in [6.07, 6.45) is 1.20. The molecule has 2 aromatic rings. The summed E-state index contributed by atoms with van der Waals surface area (Å²) in [7, 11) is 0. The predicted molar refractivity (Wildman–Crippen MR) is 66.2 cm³/mol. The van der Waals surface area contributed by atoms with Crippen molar-refractivity contribution in [3.05, 3.63) is 28.0 Å². The number of anilines is 1. The molecule has 0 fully saturated rings. The van der Waals surface area contributed by atoms with Gasteiger partial charge < -0.3 is 15.8 Å². The summed E-state index contributed by atoms with van der Waals surface area (Å²) in [5.74, 6) is 0.821. The zero-order chi connectivity index (χ0) is 13.3. The van der Waals surface area contributed by atoms with Gasteiger partial charge in [0.25, 0.3) is 0 Å². The minimum Gasteiger partial charge on any atom is -0.367 e. The van der Waals surface area contributed by atoms with Crippen LogP contribution in [0.25, 0.3) is 0 Å². The molecule has 96 valence electrons. The molecule has 2 aromatic heterocycles. The maximum absolute atomic E-state index is 10.8. The third kappa shape index (κ3) is 2.01. The quantitative estimate of drug-likeness (QED) is 0.422. The average Bonchev–Trinajstić information content (AvgIpc) is 2.93. The van der Waals surface area contributed by atoms with Crippen molar-refractivity contribution in [2.45, 2.75) is 18.7 Å². The van der Waals surface area contributed by atoms with Gasteiger partial charge in [0.15, 0.2) is 0 Å². The van der Waals surface area contributed by atoms with E-state index in [0.717, 1.165) is 0 Å². The Balaban J connectivity index is 2.42. The first-order valence-corrected chi connectivity index (χ1v) is 5.61. The smallest absolute Gasteiger partial charge is 0.342 e. The van der Waals surface area contributed by atoms with Crippen molar-refractivity contribution >= 4 is 24.4 Å². The molecule has 0 saturated carbocycles. The molecule has 18 heavy (non-hydrogen) atoms. The number of nitrogens with two attached hydrogens (primary N) is 1. The molecule has 0 aromatic carbocycles. The topological polar surface area (TPSA) is 129 Å². The number of rotatable bonds is 4. The standard InChI is InChI=1S/C8H11N7O2S/c1-2-14-4(15(16)17)3-10-7(14)5(18)6-11-8(9)13-12-6/h3,5,18H,2H2,1H3,(H3,9,11,12,13). The van der Waals surface area contributed by atoms with Crippen molar-refractivity contribution < 1.29 is 4.92 Å². The molecule has 2 rings (SSSR count). The van der Waals surface area contributed by atoms with Gasteiger partial charge in [-0.05, 0) is 11.8 Å². The van der Waals surface area contributed by atoms with E-state index in [4.69, 9.17) is 5.73 Å². The van der Waals surface area contributed by atoms with E-state index in [0.29, 0.717) is 18.2 Å². The van der Waals surface area contributed by atoms with Gasteiger partial charge in [0.05, 0.1) is 6.54 Å². The minimum atomic E-state index is -0.552. The summed E-state index contributed by atoms with van der Waals surface area (Å²) in [6, 6.07) is 0. The lowest BCUT2D eigenvalue weighted by atomic mass is 10.3. The monoisotopic (exact) mass is 269 g/mol. The molecule has 0 saturated heterocycles. The lowest BCUT2D eigenvalue weighted by molar-refractivity contribution is -0.392. The molecular formula is C8H11N7O2S. The van der Waals surface area contributed by atoms with Gasteiger partial charge in [0, 0.05) is 0 Å². The third-order valence-corrected chi connectivity index (χ3v) is 2.87. The SMILES string of the molecule is CCn1c([N+](=O)[O-])cnc1C(S)c1nc(N)n[nH]1. The van der Waals surface area contributed by atoms with Crippen molar-refractivity contribution in [1.29, 1.82) is 0 Å². The molecule has 2 heterocycles. The summed E-state index contributed by atoms with van der Waals surface area (Å²) in [5.41, 5.74) is 5.40. The Morgan fingerprint density at radius 3 is 2.94 bits per heavy atom. The second-order valence-electron chi connectivity index (χ2n) is 3.46. The van der Waals surface area contributed by atoms with Crippen LogP contribution in [0.4, 0.5) is 11.8 Å². The number of aromatic nitrogens is 5. The van der Waals surface area contributed by atoms with Crippen molar-refractivity contribution in [3.63, 3.8) is 0 Å². The predicted octanol–water partition coefficient (Wildman–Crippen LogP) is 0.531. The van der Waals surface area contributed by atoms with Crippen LogP contribution in [0.15, 0.2) is 6.20 Å². The number of aromatic amines is 1. The average molecular weight is 269 g/mol. The number of nitrogen functional groups attached to an aromatic ring is 1. The van der Waals surface area contributed by atoms with Crippen LogP contribution in [0.1, 0.15) is 23.8 Å². The second-order valence-corrected chi connectivity index (χ2v) is 3.97. The number of thiol groups is 1. The molecule has 10 heteroatoms. The number of H-pyrrole nitrogens is 1. The fraction of sp³-hybridized carbons (Fsp3) is 0.375. The first-order valence-electron chi connectivity index (χ1n) is 5.10. The highest BCUT2D eigenvalue weighted by Crippen LogP contribution is 2.27. The highest BCUT2D eigenvalue weighted by molar-refractivity contribution is 7.80. The van der Waals surface area contributed by atoms with Crippen molar-refractivity contribution in [1.82, 2.24) is 24.7 Å². The van der Waals surface area contributed by atoms with E-state index in [1.807, 2.05) is 0 Å². The first kappa shape index (κ1) is 12.4. The van der Waals surface area contributed by atoms with Gasteiger partial charge >= 0.3 is 5.82 Å². The minimum absolute atomic E-state index is 0.0842. The van der Waals surface area contributed by atoms with E-state index in [1.54, 1.807) is 6.92 Å². The number of imidazole rings is 1. The van der Waals surface area contributed by atoms with Gasteiger partial charge in [-0.3, -0.25) is 5.10 Å². The van der Waals surface area contributed by atoms with Gasteiger partial charge in [0.1, 0.15) is 17.3 Å². The second kappa shape index (κ2) is 4.64. The van der Waals surface area contributed by atoms with E-state index < -0.39 is 10.2 Å². The van der Waals surface area contributed by atoms with Gasteiger partial charge in [-0.2, -0.15) is 17.6 Å². The first-order chi connectivity index (χ1) is 8.54. The molecule has 0 radical (unpaired) electrons. The molecule has 0 aliphatic heterocycles. The Morgan fingerprint density at radius 2 is 2.44 bits per heavy atom. The summed E-state index contributed by atoms with van der Waals surface area (Å²) in [4.78, 5) is 18.3. The lowest BCUT2D eigenvalue weighted by Gasteiger charge is -2.05. The van der Waals surface area contributed by atoms with Crippen LogP contribution in [0.5, 0.6) is 0 Å². The van der Waals surface area contributed by atoms with E-state index in [-0.39, 0.29) is 11.8 Å². The molecule has 1 atom stereocenters. The Bertz CT molecular complexity index is 578.